The SMILES string of the molecule is CNC(C)CNC(=O)Cc1ccc([N+](=O)[O-])cc1Cl. The average molecular weight is 286 g/mol. The first-order valence-electron chi connectivity index (χ1n) is 5.80. The van der Waals surface area contributed by atoms with Gasteiger partial charge in [-0.15, -0.1) is 0 Å². The number of halogens is 1. The summed E-state index contributed by atoms with van der Waals surface area (Å²) in [4.78, 5) is 21.7. The third kappa shape index (κ3) is 4.84. The maximum Gasteiger partial charge on any atom is 0.270 e. The number of nitrogens with one attached hydrogen (secondary N) is 2. The van der Waals surface area contributed by atoms with Gasteiger partial charge in [0.05, 0.1) is 16.4 Å². The van der Waals surface area contributed by atoms with E-state index in [0.717, 1.165) is 0 Å². The zero-order valence-corrected chi connectivity index (χ0v) is 11.5. The van der Waals surface area contributed by atoms with Gasteiger partial charge in [-0.25, -0.2) is 0 Å². The van der Waals surface area contributed by atoms with Crippen molar-refractivity contribution in [3.8, 4) is 0 Å². The fourth-order valence-corrected chi connectivity index (χ4v) is 1.64. The lowest BCUT2D eigenvalue weighted by molar-refractivity contribution is -0.384. The number of likely N-dealkylation sites (N-methyl/N-ethyl adjacent to an activating group) is 1. The lowest BCUT2D eigenvalue weighted by atomic mass is 10.1. The van der Waals surface area contributed by atoms with Crippen molar-refractivity contribution in [3.63, 3.8) is 0 Å². The van der Waals surface area contributed by atoms with Gasteiger partial charge in [-0.3, -0.25) is 14.9 Å². The second-order valence-corrected chi connectivity index (χ2v) is 4.61. The quantitative estimate of drug-likeness (QED) is 0.613. The number of nitro benzene ring substituents is 1. The van der Waals surface area contributed by atoms with Gasteiger partial charge in [0.15, 0.2) is 0 Å². The van der Waals surface area contributed by atoms with Crippen LogP contribution in [0.5, 0.6) is 0 Å². The average Bonchev–Trinajstić information content (AvgIpc) is 2.38. The van der Waals surface area contributed by atoms with E-state index < -0.39 is 4.92 Å². The molecule has 6 nitrogen and oxygen atoms in total. The standard InChI is InChI=1S/C12H16ClN3O3/c1-8(14-2)7-15-12(17)5-9-3-4-10(16(18)19)6-11(9)13/h3-4,6,8,14H,5,7H2,1-2H3,(H,15,17). The van der Waals surface area contributed by atoms with Gasteiger partial charge >= 0.3 is 0 Å². The van der Waals surface area contributed by atoms with E-state index in [-0.39, 0.29) is 29.1 Å². The largest absolute Gasteiger partial charge is 0.354 e. The zero-order chi connectivity index (χ0) is 14.4. The van der Waals surface area contributed by atoms with Gasteiger partial charge in [-0.1, -0.05) is 17.7 Å². The third-order valence-electron chi connectivity index (χ3n) is 2.70. The molecule has 0 aliphatic rings. The van der Waals surface area contributed by atoms with E-state index in [9.17, 15) is 14.9 Å². The van der Waals surface area contributed by atoms with E-state index in [0.29, 0.717) is 12.1 Å². The van der Waals surface area contributed by atoms with Crippen LogP contribution in [0.1, 0.15) is 12.5 Å². The highest BCUT2D eigenvalue weighted by Gasteiger charge is 2.12. The summed E-state index contributed by atoms with van der Waals surface area (Å²) in [6.07, 6.45) is 0.104. The predicted molar refractivity (Wildman–Crippen MR) is 73.3 cm³/mol. The van der Waals surface area contributed by atoms with Crippen LogP contribution in [0, 0.1) is 10.1 Å². The second kappa shape index (κ2) is 7.06. The Morgan fingerprint density at radius 1 is 1.53 bits per heavy atom. The van der Waals surface area contributed by atoms with Crippen LogP contribution in [-0.4, -0.2) is 30.5 Å². The molecular weight excluding hydrogens is 270 g/mol. The van der Waals surface area contributed by atoms with Crippen LogP contribution in [0.3, 0.4) is 0 Å². The number of non-ortho nitro benzene ring substituents is 1. The number of carbonyl (C=O) groups is 1. The van der Waals surface area contributed by atoms with E-state index in [1.807, 2.05) is 14.0 Å². The molecule has 0 aliphatic heterocycles. The van der Waals surface area contributed by atoms with Crippen molar-refractivity contribution in [2.75, 3.05) is 13.6 Å². The van der Waals surface area contributed by atoms with E-state index in [2.05, 4.69) is 10.6 Å². The minimum atomic E-state index is -0.523. The smallest absolute Gasteiger partial charge is 0.270 e. The lowest BCUT2D eigenvalue weighted by Crippen LogP contribution is -2.37. The number of hydrogen-bond acceptors (Lipinski definition) is 4. The third-order valence-corrected chi connectivity index (χ3v) is 3.05. The molecule has 7 heteroatoms. The molecule has 0 radical (unpaired) electrons. The summed E-state index contributed by atoms with van der Waals surface area (Å²) in [5.41, 5.74) is 0.486. The van der Waals surface area contributed by atoms with Gasteiger partial charge in [0.1, 0.15) is 0 Å². The van der Waals surface area contributed by atoms with Crippen LogP contribution in [0.25, 0.3) is 0 Å². The molecule has 104 valence electrons. The van der Waals surface area contributed by atoms with Crippen molar-refractivity contribution in [3.05, 3.63) is 38.9 Å². The van der Waals surface area contributed by atoms with Crippen LogP contribution in [0.15, 0.2) is 18.2 Å². The number of hydrogen-bond donors (Lipinski definition) is 2. The number of nitrogens with zero attached hydrogens (tertiary/aromatic N) is 1. The molecule has 0 fully saturated rings. The molecule has 1 aromatic carbocycles. The van der Waals surface area contributed by atoms with Crippen molar-refractivity contribution in [2.24, 2.45) is 0 Å². The number of nitro groups is 1. The number of carbonyl (C=O) groups excluding carboxylic acids is 1. The van der Waals surface area contributed by atoms with Crippen LogP contribution in [0.2, 0.25) is 5.02 Å². The highest BCUT2D eigenvalue weighted by Crippen LogP contribution is 2.22. The highest BCUT2D eigenvalue weighted by molar-refractivity contribution is 6.31. The van der Waals surface area contributed by atoms with Crippen LogP contribution >= 0.6 is 11.6 Å². The van der Waals surface area contributed by atoms with Gasteiger partial charge < -0.3 is 10.6 Å². The summed E-state index contributed by atoms with van der Waals surface area (Å²) >= 11 is 5.91. The van der Waals surface area contributed by atoms with Crippen molar-refractivity contribution in [1.82, 2.24) is 10.6 Å². The molecule has 0 heterocycles. The molecule has 19 heavy (non-hydrogen) atoms. The summed E-state index contributed by atoms with van der Waals surface area (Å²) in [5.74, 6) is -0.169. The topological polar surface area (TPSA) is 84.3 Å². The van der Waals surface area contributed by atoms with E-state index in [4.69, 9.17) is 11.6 Å². The van der Waals surface area contributed by atoms with Crippen molar-refractivity contribution in [1.29, 1.82) is 0 Å². The minimum absolute atomic E-state index is 0.0852. The Morgan fingerprint density at radius 2 is 2.21 bits per heavy atom. The van der Waals surface area contributed by atoms with Gasteiger partial charge in [0.2, 0.25) is 5.91 Å². The summed E-state index contributed by atoms with van der Waals surface area (Å²) in [5, 5.41) is 16.5. The normalized spacial score (nSPS) is 11.9. The predicted octanol–water partition coefficient (Wildman–Crippen LogP) is 1.51. The molecular formula is C12H16ClN3O3. The molecule has 1 unspecified atom stereocenters. The monoisotopic (exact) mass is 285 g/mol. The Bertz CT molecular complexity index is 479. The Balaban J connectivity index is 2.62. The fourth-order valence-electron chi connectivity index (χ4n) is 1.40. The van der Waals surface area contributed by atoms with Crippen LogP contribution in [0.4, 0.5) is 5.69 Å². The number of amides is 1. The molecule has 0 aliphatic carbocycles. The molecule has 1 rings (SSSR count). The van der Waals surface area contributed by atoms with E-state index in [1.54, 1.807) is 0 Å². The summed E-state index contributed by atoms with van der Waals surface area (Å²) in [6, 6.07) is 4.27. The lowest BCUT2D eigenvalue weighted by Gasteiger charge is -2.11. The Labute approximate surface area is 116 Å². The van der Waals surface area contributed by atoms with Gasteiger partial charge in [0, 0.05) is 24.7 Å². The van der Waals surface area contributed by atoms with Gasteiger partial charge in [-0.2, -0.15) is 0 Å². The van der Waals surface area contributed by atoms with Crippen LogP contribution in [-0.2, 0) is 11.2 Å². The van der Waals surface area contributed by atoms with Gasteiger partial charge in [-0.05, 0) is 19.5 Å². The maximum atomic E-state index is 11.7. The summed E-state index contributed by atoms with van der Waals surface area (Å²) in [7, 11) is 1.81. The van der Waals surface area contributed by atoms with Crippen LogP contribution < -0.4 is 10.6 Å². The van der Waals surface area contributed by atoms with E-state index >= 15 is 0 Å². The first-order valence-corrected chi connectivity index (χ1v) is 6.18. The fraction of sp³-hybridized carbons (Fsp3) is 0.417. The highest BCUT2D eigenvalue weighted by atomic mass is 35.5. The Hall–Kier alpha value is -1.66. The zero-order valence-electron chi connectivity index (χ0n) is 10.8. The Kier molecular flexibility index (Phi) is 5.72. The number of rotatable bonds is 6. The second-order valence-electron chi connectivity index (χ2n) is 4.20. The molecule has 0 saturated carbocycles. The van der Waals surface area contributed by atoms with Crippen molar-refractivity contribution in [2.45, 2.75) is 19.4 Å². The maximum absolute atomic E-state index is 11.7. The first-order chi connectivity index (χ1) is 8.93. The Morgan fingerprint density at radius 3 is 2.74 bits per heavy atom. The molecule has 0 aromatic heterocycles. The molecule has 0 bridgehead atoms. The summed E-state index contributed by atoms with van der Waals surface area (Å²) in [6.45, 7) is 2.46. The van der Waals surface area contributed by atoms with E-state index in [1.165, 1.54) is 18.2 Å². The molecule has 1 atom stereocenters. The minimum Gasteiger partial charge on any atom is -0.354 e. The van der Waals surface area contributed by atoms with Gasteiger partial charge in [0.25, 0.3) is 5.69 Å². The molecule has 1 aromatic rings. The molecule has 2 N–H and O–H groups in total. The number of benzene rings is 1. The first kappa shape index (κ1) is 15.4. The molecule has 0 saturated heterocycles. The van der Waals surface area contributed by atoms with Crippen molar-refractivity contribution < 1.29 is 9.72 Å². The summed E-state index contributed by atoms with van der Waals surface area (Å²) < 4.78 is 0. The van der Waals surface area contributed by atoms with Crippen molar-refractivity contribution >= 4 is 23.2 Å². The molecule has 0 spiro atoms. The molecule has 1 amide bonds.